The van der Waals surface area contributed by atoms with Crippen molar-refractivity contribution in [3.63, 3.8) is 0 Å². The summed E-state index contributed by atoms with van der Waals surface area (Å²) in [5, 5.41) is 16.0. The molecule has 796 valence electrons. The van der Waals surface area contributed by atoms with Crippen LogP contribution in [0.5, 0.6) is 0 Å². The number of halogens is 17. The van der Waals surface area contributed by atoms with Crippen LogP contribution in [-0.4, -0.2) is 212 Å². The fourth-order valence-electron chi connectivity index (χ4n) is 15.0. The van der Waals surface area contributed by atoms with Crippen molar-refractivity contribution in [3.8, 4) is 6.07 Å². The Kier molecular flexibility index (Phi) is 32.8. The Morgan fingerprint density at radius 1 is 0.360 bits per heavy atom. The number of nitrogens with two attached hydrogens (primary N) is 5. The molecular weight excluding hydrogens is 2140 g/mol. The Morgan fingerprint density at radius 3 is 0.920 bits per heavy atom. The van der Waals surface area contributed by atoms with Crippen molar-refractivity contribution >= 4 is 138 Å². The second-order valence-electron chi connectivity index (χ2n) is 34.4. The van der Waals surface area contributed by atoms with Crippen molar-refractivity contribution in [2.24, 2.45) is 53.6 Å². The number of hydrogen-bond acceptors (Lipinski definition) is 31. The number of nitrogens with zero attached hydrogens (tertiary/aromatic N) is 16. The van der Waals surface area contributed by atoms with Crippen molar-refractivity contribution in [2.45, 2.75) is 81.3 Å². The lowest BCUT2D eigenvalue weighted by Crippen LogP contribution is -2.50. The molecule has 39 nitrogen and oxygen atoms in total. The molecule has 5 aliphatic rings. The lowest BCUT2D eigenvalue weighted by atomic mass is 9.91. The molecule has 5 aromatic heterocycles. The van der Waals surface area contributed by atoms with Crippen LogP contribution in [0.25, 0.3) is 0 Å². The van der Waals surface area contributed by atoms with Crippen molar-refractivity contribution in [1.82, 2.24) is 46.4 Å². The Morgan fingerprint density at radius 2 is 0.647 bits per heavy atom. The minimum absolute atomic E-state index is 0.00368. The number of nitrogens with one attached hydrogen (secondary N) is 3. The van der Waals surface area contributed by atoms with E-state index in [0.29, 0.717) is 44.2 Å². The van der Waals surface area contributed by atoms with Gasteiger partial charge in [-0.05, 0) is 137 Å². The molecule has 5 atom stereocenters. The van der Waals surface area contributed by atoms with Crippen LogP contribution in [0.4, 0.5) is 87.3 Å². The van der Waals surface area contributed by atoms with Crippen LogP contribution >= 0.6 is 11.6 Å². The highest BCUT2D eigenvalue weighted by molar-refractivity contribution is 7.91. The normalized spacial score (nSPS) is 20.7. The summed E-state index contributed by atoms with van der Waals surface area (Å²) < 4.78 is 349. The molecule has 0 saturated carbocycles. The van der Waals surface area contributed by atoms with Crippen LogP contribution in [0.15, 0.2) is 171 Å². The molecule has 3 amide bonds. The number of pyridine rings is 5. The molecule has 0 radical (unpaired) electrons. The molecule has 0 spiro atoms. The number of amides is 3. The molecule has 5 aliphatic heterocycles. The van der Waals surface area contributed by atoms with Gasteiger partial charge in [0.2, 0.25) is 79.9 Å². The summed E-state index contributed by atoms with van der Waals surface area (Å²) in [6.07, 6.45) is -1.10. The van der Waals surface area contributed by atoms with Crippen LogP contribution in [-0.2, 0) is 96.8 Å². The second kappa shape index (κ2) is 42.9. The number of anilines is 3. The van der Waals surface area contributed by atoms with Crippen molar-refractivity contribution in [3.05, 3.63) is 305 Å². The molecule has 5 aromatic carbocycles. The number of ketones is 2. The molecule has 61 heteroatoms. The zero-order valence-corrected chi connectivity index (χ0v) is 83.8. The number of sulfonamides is 5. The molecule has 150 heavy (non-hydrogen) atoms. The highest BCUT2D eigenvalue weighted by Crippen LogP contribution is 2.43. The van der Waals surface area contributed by atoms with Crippen LogP contribution < -0.4 is 44.6 Å². The van der Waals surface area contributed by atoms with Crippen LogP contribution in [0.1, 0.15) is 137 Å². The van der Waals surface area contributed by atoms with E-state index >= 15 is 0 Å². The van der Waals surface area contributed by atoms with E-state index in [4.69, 9.17) is 45.5 Å². The first kappa shape index (κ1) is 115. The van der Waals surface area contributed by atoms with Gasteiger partial charge in [0.25, 0.3) is 17.7 Å². The summed E-state index contributed by atoms with van der Waals surface area (Å²) in [4.78, 5) is 99.9. The first-order valence-electron chi connectivity index (χ1n) is 42.3. The maximum absolute atomic E-state index is 14.6. The largest absolute Gasteiger partial charge is 0.417 e. The van der Waals surface area contributed by atoms with E-state index in [0.717, 1.165) is 93.9 Å². The average Bonchev–Trinajstić information content (AvgIpc) is 0.763. The molecule has 13 N–H and O–H groups in total. The lowest BCUT2D eigenvalue weighted by molar-refractivity contribution is -0.137. The van der Waals surface area contributed by atoms with Gasteiger partial charge in [0.05, 0.1) is 57.3 Å². The summed E-state index contributed by atoms with van der Waals surface area (Å²) in [7, 11) is -13.7. The van der Waals surface area contributed by atoms with Gasteiger partial charge in [-0.15, -0.1) is 0 Å². The minimum Gasteiger partial charge on any atom is -0.369 e. The number of carbonyl (C=O) groups is 5. The van der Waals surface area contributed by atoms with Gasteiger partial charge in [0, 0.05) is 136 Å². The number of rotatable bonds is 17. The van der Waals surface area contributed by atoms with Crippen LogP contribution in [0, 0.1) is 87.0 Å². The fraction of sp³-hybridized carbons (Fsp3) is 0.258. The maximum atomic E-state index is 14.6. The average molecular weight is 2230 g/mol. The Labute approximate surface area is 847 Å². The number of alkyl halides is 3. The van der Waals surface area contributed by atoms with E-state index in [-0.39, 0.29) is 97.5 Å². The highest BCUT2D eigenvalue weighted by Gasteiger charge is 2.49. The number of aliphatic imine (C=N–C) groups is 5. The Hall–Kier alpha value is -15.6. The predicted molar refractivity (Wildman–Crippen MR) is 510 cm³/mol. The van der Waals surface area contributed by atoms with Gasteiger partial charge in [-0.25, -0.2) is 161 Å². The standard InChI is InChI=1S/C19H17F5N4O3S.C18H17F3N4O3S.C18H16F2N6O3S.C17H16ClF2N5O3S.C17H15F4N5O3S/c1-18(9-32(30,31)28(2)17(25)27-18)12-5-10(6-13(20)16(12)21)7-15(29)14-4-3-11(8-26-14)19(22,23)24;1-18(9-29(27,28)25(2)17(22)24-18)12-5-10(6-13(20)16(12)21)7-15(26)14-4-3-11(19)8-23-14;1-18(9-30(28,29)26(2)17(22)25-18)12-5-11(6-13(19)15(12)20)24-16(27)14-4-3-10(7-21)8-23-14;1-17(8-29(27,28)25(2)16(21)24-17)11-5-10(6-12(19)14(11)20)23-15(26)13-4-3-9(18)7-22-13;1-17(7-30(28,29)26(2)16(22)25-17)10-4-9(5-11(19)13(10)21)24-15(27)14-12(20)3-8(18)6-23-14/h3-6,8H,7,9H2,1-2H3,(H2,25,27);3-6,8H,7,9H2,1-2H3,(H2,22,24);3-6,8H,9H2,1-2H3,(H2,22,25)(H,24,27);3-7H,8H2,1-2H3,(H2,21,24)(H,23,26);3-6H,7H2,1-2H3,(H2,22,25)(H,24,27)/t3*18-;2*17-/m00000/s1. The summed E-state index contributed by atoms with van der Waals surface area (Å²) in [5.41, 5.74) is 15.0. The summed E-state index contributed by atoms with van der Waals surface area (Å²) in [6, 6.07) is 20.7. The van der Waals surface area contributed by atoms with Gasteiger partial charge in [-0.3, -0.25) is 33.9 Å². The van der Waals surface area contributed by atoms with Crippen molar-refractivity contribution < 1.29 is 136 Å². The van der Waals surface area contributed by atoms with E-state index in [1.54, 1.807) is 0 Å². The maximum Gasteiger partial charge on any atom is 0.417 e. The van der Waals surface area contributed by atoms with Gasteiger partial charge in [0.1, 0.15) is 68.2 Å². The first-order chi connectivity index (χ1) is 69.3. The smallest absolute Gasteiger partial charge is 0.369 e. The van der Waals surface area contributed by atoms with Gasteiger partial charge in [-0.2, -0.15) is 18.4 Å². The molecule has 10 aromatic rings. The number of hydrogen-bond donors (Lipinski definition) is 8. The molecule has 15 rings (SSSR count). The third-order valence-electron chi connectivity index (χ3n) is 23.0. The molecule has 0 bridgehead atoms. The van der Waals surface area contributed by atoms with E-state index in [2.05, 4.69) is 65.8 Å². The molecule has 0 unspecified atom stereocenters. The highest BCUT2D eigenvalue weighted by atomic mass is 35.5. The van der Waals surface area contributed by atoms with E-state index in [9.17, 15) is 136 Å². The van der Waals surface area contributed by atoms with Gasteiger partial charge < -0.3 is 44.6 Å². The molecule has 10 heterocycles. The summed E-state index contributed by atoms with van der Waals surface area (Å²) in [5.74, 6) is -25.3. The summed E-state index contributed by atoms with van der Waals surface area (Å²) in [6.45, 7) is 6.42. The number of guanidine groups is 5. The third-order valence-corrected chi connectivity index (χ3v) is 33.0. The first-order valence-corrected chi connectivity index (χ1v) is 50.7. The van der Waals surface area contributed by atoms with E-state index < -0.39 is 258 Å². The SMILES string of the molecule is CN1C(N)=N[C@](C)(c2cc(CC(=O)c3ccc(C(F)(F)F)cn3)cc(F)c2F)CS1(=O)=O.CN1C(N)=N[C@](C)(c2cc(CC(=O)c3ccc(F)cn3)cc(F)c2F)CS1(=O)=O.CN1C(N)=N[C@](C)(c2cc(NC(=O)c3ccc(C#N)cn3)cc(F)c2F)CS1(=O)=O.CN1C(N)=N[C@](C)(c2cc(NC(=O)c3ccc(Cl)cn3)cc(F)c2F)CS1(=O)=O.CN1C(N)=N[C@](C)(c2cc(NC(=O)c3ncc(F)cc3F)cc(F)c2F)CS1(=O)=O. The predicted octanol–water partition coefficient (Wildman–Crippen LogP) is 9.39. The zero-order valence-electron chi connectivity index (χ0n) is 78.9. The van der Waals surface area contributed by atoms with Crippen LogP contribution in [0.2, 0.25) is 5.02 Å². The fourth-order valence-corrected chi connectivity index (χ4v) is 22.3. The monoisotopic (exact) mass is 2220 g/mol. The lowest BCUT2D eigenvalue weighted by Gasteiger charge is -2.34. The number of carbonyl (C=O) groups excluding carboxylic acids is 5. The van der Waals surface area contributed by atoms with Crippen molar-refractivity contribution in [2.75, 3.05) is 80.0 Å². The molecule has 0 aliphatic carbocycles. The topological polar surface area (TPSA) is 588 Å². The quantitative estimate of drug-likeness (QED) is 0.0310. The number of benzene rings is 5. The van der Waals surface area contributed by atoms with Gasteiger partial charge in [0.15, 0.2) is 81.2 Å². The van der Waals surface area contributed by atoms with Crippen LogP contribution in [0.3, 0.4) is 0 Å². The number of Topliss-reactive ketones (excluding diaryl/α,β-unsaturated/α-hetero) is 2. The van der Waals surface area contributed by atoms with E-state index in [1.165, 1.54) is 105 Å². The molecule has 0 saturated heterocycles. The molecular formula is C89H81ClF16N24O15S5. The van der Waals surface area contributed by atoms with Crippen molar-refractivity contribution in [1.29, 1.82) is 5.26 Å². The minimum atomic E-state index is -4.63. The Balaban J connectivity index is 0.000000178. The summed E-state index contributed by atoms with van der Waals surface area (Å²) >= 11 is 5.72. The van der Waals surface area contributed by atoms with Gasteiger partial charge >= 0.3 is 6.18 Å². The molecule has 0 fully saturated rings. The third kappa shape index (κ3) is 25.3. The zero-order chi connectivity index (χ0) is 112. The van der Waals surface area contributed by atoms with E-state index in [1.807, 2.05) is 6.07 Å². The number of nitriles is 1. The van der Waals surface area contributed by atoms with Gasteiger partial charge in [-0.1, -0.05) is 11.6 Å². The second-order valence-corrected chi connectivity index (χ2v) is 44.9. The Bertz CT molecular complexity index is 7830. The number of aromatic nitrogens is 5.